The Labute approximate surface area is 84.5 Å². The van der Waals surface area contributed by atoms with Crippen LogP contribution in [-0.2, 0) is 0 Å². The van der Waals surface area contributed by atoms with E-state index in [0.717, 1.165) is 0 Å². The smallest absolute Gasteiger partial charge is 0.257 e. The van der Waals surface area contributed by atoms with Gasteiger partial charge >= 0.3 is 0 Å². The highest BCUT2D eigenvalue weighted by atomic mass is 35.5. The van der Waals surface area contributed by atoms with Crippen LogP contribution < -0.4 is 0 Å². The summed E-state index contributed by atoms with van der Waals surface area (Å²) in [5.41, 5.74) is 0.608. The fourth-order valence-electron chi connectivity index (χ4n) is 1.04. The van der Waals surface area contributed by atoms with Crippen LogP contribution in [0.3, 0.4) is 0 Å². The molecule has 14 heavy (non-hydrogen) atoms. The summed E-state index contributed by atoms with van der Waals surface area (Å²) in [5.74, 6) is 0.400. The Morgan fingerprint density at radius 1 is 1.43 bits per heavy atom. The van der Waals surface area contributed by atoms with Crippen LogP contribution in [0.5, 0.6) is 0 Å². The van der Waals surface area contributed by atoms with E-state index < -0.39 is 5.82 Å². The Morgan fingerprint density at radius 3 is 2.79 bits per heavy atom. The topological polar surface area (TPSA) is 38.9 Å². The molecule has 1 heterocycles. The van der Waals surface area contributed by atoms with Crippen LogP contribution in [-0.4, -0.2) is 10.1 Å². The molecule has 0 aliphatic carbocycles. The number of hydrogen-bond acceptors (Lipinski definition) is 3. The van der Waals surface area contributed by atoms with Gasteiger partial charge in [0.15, 0.2) is 5.82 Å². The first-order valence-corrected chi connectivity index (χ1v) is 4.30. The zero-order valence-corrected chi connectivity index (χ0v) is 8.05. The number of aryl methyl sites for hydroxylation is 1. The molecular weight excluding hydrogens is 207 g/mol. The largest absolute Gasteiger partial charge is 0.334 e. The van der Waals surface area contributed by atoms with E-state index in [0.29, 0.717) is 17.3 Å². The number of hydrogen-bond donors (Lipinski definition) is 0. The van der Waals surface area contributed by atoms with Crippen molar-refractivity contribution in [2.75, 3.05) is 0 Å². The van der Waals surface area contributed by atoms with E-state index in [1.165, 1.54) is 18.2 Å². The zero-order chi connectivity index (χ0) is 10.1. The maximum absolute atomic E-state index is 12.8. The van der Waals surface area contributed by atoms with Gasteiger partial charge in [-0.1, -0.05) is 16.8 Å². The van der Waals surface area contributed by atoms with Crippen LogP contribution in [0.4, 0.5) is 4.39 Å². The van der Waals surface area contributed by atoms with Gasteiger partial charge in [0.05, 0.1) is 5.02 Å². The number of rotatable bonds is 1. The summed E-state index contributed by atoms with van der Waals surface area (Å²) in [5, 5.41) is 3.66. The van der Waals surface area contributed by atoms with Gasteiger partial charge in [-0.05, 0) is 25.1 Å². The normalized spacial score (nSPS) is 10.5. The van der Waals surface area contributed by atoms with E-state index in [1.807, 2.05) is 0 Å². The Balaban J connectivity index is 2.47. The summed E-state index contributed by atoms with van der Waals surface area (Å²) in [6.07, 6.45) is 0. The molecule has 0 fully saturated rings. The SMILES string of the molecule is Cc1noc(-c2ccc(F)c(Cl)c2)n1. The van der Waals surface area contributed by atoms with Gasteiger partial charge in [-0.25, -0.2) is 4.39 Å². The van der Waals surface area contributed by atoms with Crippen molar-refractivity contribution in [2.24, 2.45) is 0 Å². The molecule has 5 heteroatoms. The molecule has 0 amide bonds. The summed E-state index contributed by atoms with van der Waals surface area (Å²) >= 11 is 5.61. The van der Waals surface area contributed by atoms with E-state index in [2.05, 4.69) is 10.1 Å². The molecule has 0 aliphatic heterocycles. The average molecular weight is 213 g/mol. The quantitative estimate of drug-likeness (QED) is 0.730. The van der Waals surface area contributed by atoms with E-state index in [4.69, 9.17) is 16.1 Å². The minimum Gasteiger partial charge on any atom is -0.334 e. The van der Waals surface area contributed by atoms with Gasteiger partial charge < -0.3 is 4.52 Å². The van der Waals surface area contributed by atoms with E-state index in [9.17, 15) is 4.39 Å². The van der Waals surface area contributed by atoms with E-state index in [1.54, 1.807) is 6.92 Å². The summed E-state index contributed by atoms with van der Waals surface area (Å²) < 4.78 is 17.7. The molecule has 1 aromatic carbocycles. The third kappa shape index (κ3) is 1.61. The predicted octanol–water partition coefficient (Wildman–Crippen LogP) is 2.84. The van der Waals surface area contributed by atoms with Crippen molar-refractivity contribution >= 4 is 11.6 Å². The highest BCUT2D eigenvalue weighted by molar-refractivity contribution is 6.31. The number of nitrogens with zero attached hydrogens (tertiary/aromatic N) is 2. The van der Waals surface area contributed by atoms with Crippen molar-refractivity contribution in [1.29, 1.82) is 0 Å². The predicted molar refractivity (Wildman–Crippen MR) is 49.4 cm³/mol. The molecule has 2 rings (SSSR count). The van der Waals surface area contributed by atoms with Crippen molar-refractivity contribution in [3.63, 3.8) is 0 Å². The molecule has 72 valence electrons. The number of aromatic nitrogens is 2. The summed E-state index contributed by atoms with van der Waals surface area (Å²) in [6.45, 7) is 1.71. The van der Waals surface area contributed by atoms with Crippen molar-refractivity contribution < 1.29 is 8.91 Å². The molecular formula is C9H6ClFN2O. The molecule has 0 N–H and O–H groups in total. The average Bonchev–Trinajstić information content (AvgIpc) is 2.57. The fourth-order valence-corrected chi connectivity index (χ4v) is 1.22. The van der Waals surface area contributed by atoms with Crippen LogP contribution in [0.25, 0.3) is 11.5 Å². The van der Waals surface area contributed by atoms with Crippen LogP contribution in [0.15, 0.2) is 22.7 Å². The Morgan fingerprint density at radius 2 is 2.21 bits per heavy atom. The van der Waals surface area contributed by atoms with E-state index >= 15 is 0 Å². The molecule has 0 aliphatic rings. The number of halogens is 2. The minimum absolute atomic E-state index is 0.0401. The fraction of sp³-hybridized carbons (Fsp3) is 0.111. The minimum atomic E-state index is -0.466. The van der Waals surface area contributed by atoms with Gasteiger partial charge in [0.2, 0.25) is 0 Å². The van der Waals surface area contributed by atoms with Gasteiger partial charge in [-0.3, -0.25) is 0 Å². The molecule has 0 spiro atoms. The van der Waals surface area contributed by atoms with Crippen molar-refractivity contribution in [3.8, 4) is 11.5 Å². The summed E-state index contributed by atoms with van der Waals surface area (Å²) in [7, 11) is 0. The molecule has 0 saturated heterocycles. The van der Waals surface area contributed by atoms with Crippen molar-refractivity contribution in [3.05, 3.63) is 34.9 Å². The molecule has 3 nitrogen and oxygen atoms in total. The van der Waals surface area contributed by atoms with Gasteiger partial charge in [0, 0.05) is 5.56 Å². The molecule has 0 saturated carbocycles. The van der Waals surface area contributed by atoms with Crippen molar-refractivity contribution in [1.82, 2.24) is 10.1 Å². The van der Waals surface area contributed by atoms with Crippen molar-refractivity contribution in [2.45, 2.75) is 6.92 Å². The van der Waals surface area contributed by atoms with Crippen LogP contribution >= 0.6 is 11.6 Å². The molecule has 0 radical (unpaired) electrons. The molecule has 1 aromatic heterocycles. The summed E-state index contributed by atoms with van der Waals surface area (Å²) in [6, 6.07) is 4.25. The first kappa shape index (κ1) is 9.15. The van der Waals surface area contributed by atoms with Crippen LogP contribution in [0, 0.1) is 12.7 Å². The maximum atomic E-state index is 12.8. The molecule has 0 atom stereocenters. The second-order valence-corrected chi connectivity index (χ2v) is 3.18. The first-order chi connectivity index (χ1) is 6.66. The van der Waals surface area contributed by atoms with Gasteiger partial charge in [0.25, 0.3) is 5.89 Å². The third-order valence-corrected chi connectivity index (χ3v) is 1.98. The van der Waals surface area contributed by atoms with Gasteiger partial charge in [0.1, 0.15) is 5.82 Å². The van der Waals surface area contributed by atoms with Gasteiger partial charge in [-0.15, -0.1) is 0 Å². The van der Waals surface area contributed by atoms with Gasteiger partial charge in [-0.2, -0.15) is 4.98 Å². The monoisotopic (exact) mass is 212 g/mol. The second-order valence-electron chi connectivity index (χ2n) is 2.78. The molecule has 0 bridgehead atoms. The second kappa shape index (κ2) is 3.38. The Bertz CT molecular complexity index is 470. The first-order valence-electron chi connectivity index (χ1n) is 3.92. The third-order valence-electron chi connectivity index (χ3n) is 1.69. The lowest BCUT2D eigenvalue weighted by atomic mass is 10.2. The lowest BCUT2D eigenvalue weighted by Crippen LogP contribution is -1.81. The standard InChI is InChI=1S/C9H6ClFN2O/c1-5-12-9(14-13-5)6-2-3-8(11)7(10)4-6/h2-4H,1H3. The molecule has 2 aromatic rings. The van der Waals surface area contributed by atoms with E-state index in [-0.39, 0.29) is 5.02 Å². The Kier molecular flexibility index (Phi) is 2.21. The highest BCUT2D eigenvalue weighted by Gasteiger charge is 2.08. The summed E-state index contributed by atoms with van der Waals surface area (Å²) in [4.78, 5) is 3.99. The number of benzene rings is 1. The zero-order valence-electron chi connectivity index (χ0n) is 7.29. The van der Waals surface area contributed by atoms with Crippen LogP contribution in [0.1, 0.15) is 5.82 Å². The van der Waals surface area contributed by atoms with Crippen LogP contribution in [0.2, 0.25) is 5.02 Å². The lowest BCUT2D eigenvalue weighted by Gasteiger charge is -1.95. The Hall–Kier alpha value is -1.42. The molecule has 0 unspecified atom stereocenters. The highest BCUT2D eigenvalue weighted by Crippen LogP contribution is 2.23. The lowest BCUT2D eigenvalue weighted by molar-refractivity contribution is 0.425. The maximum Gasteiger partial charge on any atom is 0.257 e.